The van der Waals surface area contributed by atoms with Gasteiger partial charge in [-0.05, 0) is 12.8 Å². The smallest absolute Gasteiger partial charge is 0.188 e. The molecule has 0 saturated carbocycles. The molecule has 0 amide bonds. The molecule has 6 nitrogen and oxygen atoms in total. The van der Waals surface area contributed by atoms with Gasteiger partial charge in [0.1, 0.15) is 11.6 Å². The Morgan fingerprint density at radius 1 is 1.30 bits per heavy atom. The minimum absolute atomic E-state index is 0.0795. The Morgan fingerprint density at radius 3 is 2.40 bits per heavy atom. The number of halogens is 1. The zero-order valence-corrected chi connectivity index (χ0v) is 13.7. The van der Waals surface area contributed by atoms with E-state index in [9.17, 15) is 8.42 Å². The van der Waals surface area contributed by atoms with Crippen LogP contribution in [0.4, 0.5) is 0 Å². The quantitative estimate of drug-likeness (QED) is 0.630. The third kappa shape index (κ3) is 5.31. The van der Waals surface area contributed by atoms with Crippen LogP contribution >= 0.6 is 15.9 Å². The molecule has 1 N–H and O–H groups in total. The highest BCUT2D eigenvalue weighted by atomic mass is 79.9. The summed E-state index contributed by atoms with van der Waals surface area (Å²) in [5.41, 5.74) is 0. The lowest BCUT2D eigenvalue weighted by Gasteiger charge is -2.24. The van der Waals surface area contributed by atoms with Gasteiger partial charge in [0.25, 0.3) is 0 Å². The summed E-state index contributed by atoms with van der Waals surface area (Å²) in [6.45, 7) is 2.99. The monoisotopic (exact) mass is 365 g/mol. The van der Waals surface area contributed by atoms with Crippen LogP contribution in [0, 0.1) is 11.3 Å². The number of aliphatic hydroxyl groups excluding tert-OH is 1. The number of hydrogen-bond acceptors (Lipinski definition) is 6. The van der Waals surface area contributed by atoms with Crippen molar-refractivity contribution < 1.29 is 13.5 Å². The van der Waals surface area contributed by atoms with E-state index in [0.717, 1.165) is 31.4 Å². The molecule has 0 radical (unpaired) electrons. The third-order valence-corrected chi connectivity index (χ3v) is 4.65. The second-order valence-corrected chi connectivity index (χ2v) is 7.18. The topological polar surface area (TPSA) is 84.6 Å². The molecule has 8 heteroatoms. The van der Waals surface area contributed by atoms with E-state index in [1.807, 2.05) is 9.80 Å². The normalized spacial score (nSPS) is 17.8. The Bertz CT molecular complexity index is 455. The van der Waals surface area contributed by atoms with Crippen LogP contribution in [0.15, 0.2) is 11.2 Å². The molecule has 0 aromatic heterocycles. The van der Waals surface area contributed by atoms with Crippen molar-refractivity contribution in [1.82, 2.24) is 9.80 Å². The SMILES string of the molecule is N#CCS(=O)(=O)/C=C1\N(CCCO)CCN1CCCBr. The zero-order valence-electron chi connectivity index (χ0n) is 11.3. The number of aliphatic hydroxyl groups is 1. The van der Waals surface area contributed by atoms with E-state index in [1.54, 1.807) is 6.07 Å². The first-order chi connectivity index (χ1) is 9.54. The van der Waals surface area contributed by atoms with Crippen LogP contribution in [0.1, 0.15) is 12.8 Å². The van der Waals surface area contributed by atoms with E-state index in [2.05, 4.69) is 15.9 Å². The van der Waals surface area contributed by atoms with Crippen molar-refractivity contribution in [3.63, 3.8) is 0 Å². The maximum absolute atomic E-state index is 11.8. The van der Waals surface area contributed by atoms with Gasteiger partial charge in [-0.25, -0.2) is 8.42 Å². The first kappa shape index (κ1) is 17.3. The van der Waals surface area contributed by atoms with Gasteiger partial charge in [-0.2, -0.15) is 5.26 Å². The zero-order chi connectivity index (χ0) is 15.0. The third-order valence-electron chi connectivity index (χ3n) is 2.99. The summed E-state index contributed by atoms with van der Waals surface area (Å²) >= 11 is 3.37. The lowest BCUT2D eigenvalue weighted by Crippen LogP contribution is -2.26. The first-order valence-corrected chi connectivity index (χ1v) is 9.36. The van der Waals surface area contributed by atoms with Crippen LogP contribution in [-0.4, -0.2) is 67.2 Å². The van der Waals surface area contributed by atoms with Crippen molar-refractivity contribution in [1.29, 1.82) is 5.26 Å². The Hall–Kier alpha value is -0.780. The number of hydrogen-bond donors (Lipinski definition) is 1. The minimum atomic E-state index is -3.51. The molecule has 1 aliphatic rings. The maximum atomic E-state index is 11.8. The largest absolute Gasteiger partial charge is 0.396 e. The van der Waals surface area contributed by atoms with Crippen LogP contribution in [0.5, 0.6) is 0 Å². The predicted octanol–water partition coefficient (Wildman–Crippen LogP) is 0.509. The van der Waals surface area contributed by atoms with E-state index in [4.69, 9.17) is 10.4 Å². The molecular weight excluding hydrogens is 346 g/mol. The molecule has 0 unspecified atom stereocenters. The number of rotatable bonds is 8. The molecule has 1 rings (SSSR count). The Kier molecular flexibility index (Phi) is 7.34. The highest BCUT2D eigenvalue weighted by molar-refractivity contribution is 9.09. The number of nitrogens with zero attached hydrogens (tertiary/aromatic N) is 3. The molecule has 0 aliphatic carbocycles. The highest BCUT2D eigenvalue weighted by Crippen LogP contribution is 2.20. The van der Waals surface area contributed by atoms with Crippen molar-refractivity contribution in [2.24, 2.45) is 0 Å². The van der Waals surface area contributed by atoms with Crippen molar-refractivity contribution in [2.45, 2.75) is 12.8 Å². The van der Waals surface area contributed by atoms with Crippen LogP contribution < -0.4 is 0 Å². The van der Waals surface area contributed by atoms with Crippen molar-refractivity contribution in [3.8, 4) is 6.07 Å². The first-order valence-electron chi connectivity index (χ1n) is 6.52. The fraction of sp³-hybridized carbons (Fsp3) is 0.750. The van der Waals surface area contributed by atoms with E-state index >= 15 is 0 Å². The molecule has 1 heterocycles. The molecular formula is C12H20BrN3O3S. The average Bonchev–Trinajstić information content (AvgIpc) is 2.75. The van der Waals surface area contributed by atoms with E-state index < -0.39 is 15.6 Å². The minimum Gasteiger partial charge on any atom is -0.396 e. The van der Waals surface area contributed by atoms with E-state index in [1.165, 1.54) is 5.41 Å². The van der Waals surface area contributed by atoms with E-state index in [0.29, 0.717) is 18.8 Å². The summed E-state index contributed by atoms with van der Waals surface area (Å²) < 4.78 is 23.6. The second-order valence-electron chi connectivity index (χ2n) is 4.54. The summed E-state index contributed by atoms with van der Waals surface area (Å²) in [5.74, 6) is 0.144. The van der Waals surface area contributed by atoms with Gasteiger partial charge in [0.2, 0.25) is 0 Å². The molecule has 1 fully saturated rings. The summed E-state index contributed by atoms with van der Waals surface area (Å²) in [5, 5.41) is 19.5. The van der Waals surface area contributed by atoms with Gasteiger partial charge in [-0.3, -0.25) is 0 Å². The molecule has 1 aliphatic heterocycles. The summed E-state index contributed by atoms with van der Waals surface area (Å²) in [6.07, 6.45) is 1.52. The fourth-order valence-corrected chi connectivity index (χ4v) is 3.21. The summed E-state index contributed by atoms with van der Waals surface area (Å²) in [4.78, 5) is 3.98. The van der Waals surface area contributed by atoms with Crippen LogP contribution in [0.2, 0.25) is 0 Å². The Balaban J connectivity index is 2.89. The van der Waals surface area contributed by atoms with E-state index in [-0.39, 0.29) is 6.61 Å². The van der Waals surface area contributed by atoms with Crippen LogP contribution in [0.3, 0.4) is 0 Å². The van der Waals surface area contributed by atoms with Crippen LogP contribution in [-0.2, 0) is 9.84 Å². The number of sulfone groups is 1. The lowest BCUT2D eigenvalue weighted by molar-refractivity contribution is 0.255. The molecule has 0 bridgehead atoms. The van der Waals surface area contributed by atoms with Gasteiger partial charge in [0, 0.05) is 38.1 Å². The Labute approximate surface area is 128 Å². The highest BCUT2D eigenvalue weighted by Gasteiger charge is 2.26. The second kappa shape index (κ2) is 8.49. The van der Waals surface area contributed by atoms with Crippen molar-refractivity contribution in [3.05, 3.63) is 11.2 Å². The average molecular weight is 366 g/mol. The molecule has 0 aromatic carbocycles. The van der Waals surface area contributed by atoms with Crippen molar-refractivity contribution >= 4 is 25.8 Å². The van der Waals surface area contributed by atoms with Crippen molar-refractivity contribution in [2.75, 3.05) is 43.9 Å². The summed E-state index contributed by atoms with van der Waals surface area (Å²) in [6, 6.07) is 1.68. The standard InChI is InChI=1S/C12H20BrN3O3S/c13-3-1-5-15-7-8-16(6-2-9-17)12(15)11-20(18,19)10-4-14/h11,17H,1-3,5-10H2/b12-11-. The lowest BCUT2D eigenvalue weighted by atomic mass is 10.4. The molecule has 0 atom stereocenters. The molecule has 20 heavy (non-hydrogen) atoms. The van der Waals surface area contributed by atoms with Gasteiger partial charge in [-0.15, -0.1) is 0 Å². The Morgan fingerprint density at radius 2 is 1.90 bits per heavy atom. The van der Waals surface area contributed by atoms with Gasteiger partial charge < -0.3 is 14.9 Å². The van der Waals surface area contributed by atoms with Crippen LogP contribution in [0.25, 0.3) is 0 Å². The number of nitriles is 1. The fourth-order valence-electron chi connectivity index (χ4n) is 2.08. The molecule has 0 aromatic rings. The predicted molar refractivity (Wildman–Crippen MR) is 80.7 cm³/mol. The molecule has 114 valence electrons. The van der Waals surface area contributed by atoms with Gasteiger partial charge in [-0.1, -0.05) is 15.9 Å². The summed E-state index contributed by atoms with van der Waals surface area (Å²) in [7, 11) is -3.51. The molecule has 1 saturated heterocycles. The maximum Gasteiger partial charge on any atom is 0.188 e. The van der Waals surface area contributed by atoms with Gasteiger partial charge >= 0.3 is 0 Å². The van der Waals surface area contributed by atoms with Gasteiger partial charge in [0.05, 0.1) is 11.5 Å². The van der Waals surface area contributed by atoms with Gasteiger partial charge in [0.15, 0.2) is 9.84 Å². The number of alkyl halides is 1. The molecule has 0 spiro atoms.